The number of thiocarbonyl (C=S) groups is 1. The minimum absolute atomic E-state index is 0.604. The Hall–Kier alpha value is -2.63. The fourth-order valence-electron chi connectivity index (χ4n) is 2.88. The predicted molar refractivity (Wildman–Crippen MR) is 119 cm³/mol. The highest BCUT2D eigenvalue weighted by molar-refractivity contribution is 7.80. The van der Waals surface area contributed by atoms with Crippen molar-refractivity contribution in [3.05, 3.63) is 88.7 Å². The standard InChI is InChI=1S/C22H22ClN3OS/c1-16-8-9-21(27-2)20(11-16)25-22(28)26(15-18-6-4-10-24-13-18)14-17-5-3-7-19(23)12-17/h3-13H,14-15H2,1-2H3,(H,25,28). The molecule has 0 spiro atoms. The number of hydrogen-bond donors (Lipinski definition) is 1. The predicted octanol–water partition coefficient (Wildman–Crippen LogP) is 5.45. The summed E-state index contributed by atoms with van der Waals surface area (Å²) in [6.45, 7) is 3.28. The van der Waals surface area contributed by atoms with Crippen molar-refractivity contribution in [1.29, 1.82) is 0 Å². The van der Waals surface area contributed by atoms with Crippen LogP contribution in [-0.4, -0.2) is 22.1 Å². The number of nitrogens with one attached hydrogen (secondary N) is 1. The second kappa shape index (κ2) is 9.53. The fraction of sp³-hybridized carbons (Fsp3) is 0.182. The van der Waals surface area contributed by atoms with Crippen molar-refractivity contribution in [2.75, 3.05) is 12.4 Å². The van der Waals surface area contributed by atoms with Crippen LogP contribution >= 0.6 is 23.8 Å². The van der Waals surface area contributed by atoms with Gasteiger partial charge in [-0.3, -0.25) is 4.98 Å². The molecule has 0 aliphatic heterocycles. The second-order valence-electron chi connectivity index (χ2n) is 6.48. The van der Waals surface area contributed by atoms with Gasteiger partial charge in [0, 0.05) is 30.5 Å². The van der Waals surface area contributed by atoms with E-state index in [-0.39, 0.29) is 0 Å². The lowest BCUT2D eigenvalue weighted by Gasteiger charge is -2.27. The Kier molecular flexibility index (Phi) is 6.85. The molecule has 2 aromatic carbocycles. The van der Waals surface area contributed by atoms with Crippen LogP contribution in [0.25, 0.3) is 0 Å². The Bertz CT molecular complexity index is 950. The average molecular weight is 412 g/mol. The monoisotopic (exact) mass is 411 g/mol. The van der Waals surface area contributed by atoms with Crippen LogP contribution in [0.4, 0.5) is 5.69 Å². The van der Waals surface area contributed by atoms with Crippen LogP contribution in [0, 0.1) is 6.92 Å². The number of aryl methyl sites for hydroxylation is 1. The highest BCUT2D eigenvalue weighted by atomic mass is 35.5. The van der Waals surface area contributed by atoms with Crippen molar-refractivity contribution in [2.45, 2.75) is 20.0 Å². The van der Waals surface area contributed by atoms with Crippen molar-refractivity contribution in [1.82, 2.24) is 9.88 Å². The van der Waals surface area contributed by atoms with Gasteiger partial charge in [-0.1, -0.05) is 35.9 Å². The van der Waals surface area contributed by atoms with Crippen LogP contribution in [0.2, 0.25) is 5.02 Å². The van der Waals surface area contributed by atoms with Gasteiger partial charge in [-0.05, 0) is 66.2 Å². The number of halogens is 1. The maximum Gasteiger partial charge on any atom is 0.174 e. The first-order valence-corrected chi connectivity index (χ1v) is 9.67. The van der Waals surface area contributed by atoms with E-state index in [2.05, 4.69) is 15.2 Å². The molecule has 0 amide bonds. The van der Waals surface area contributed by atoms with Gasteiger partial charge < -0.3 is 15.0 Å². The molecule has 1 heterocycles. The molecular formula is C22H22ClN3OS. The summed E-state index contributed by atoms with van der Waals surface area (Å²) in [7, 11) is 1.65. The van der Waals surface area contributed by atoms with Gasteiger partial charge in [0.1, 0.15) is 5.75 Å². The van der Waals surface area contributed by atoms with E-state index in [0.29, 0.717) is 23.2 Å². The number of benzene rings is 2. The molecule has 1 N–H and O–H groups in total. The van der Waals surface area contributed by atoms with Gasteiger partial charge in [-0.25, -0.2) is 0 Å². The minimum atomic E-state index is 0.604. The fourth-order valence-corrected chi connectivity index (χ4v) is 3.33. The zero-order valence-electron chi connectivity index (χ0n) is 15.9. The van der Waals surface area contributed by atoms with Gasteiger partial charge in [0.25, 0.3) is 0 Å². The Labute approximate surface area is 176 Å². The SMILES string of the molecule is COc1ccc(C)cc1NC(=S)N(Cc1cccnc1)Cc1cccc(Cl)c1. The second-order valence-corrected chi connectivity index (χ2v) is 7.30. The molecule has 0 bridgehead atoms. The molecular weight excluding hydrogens is 390 g/mol. The molecule has 0 unspecified atom stereocenters. The largest absolute Gasteiger partial charge is 0.495 e. The Morgan fingerprint density at radius 2 is 1.89 bits per heavy atom. The molecule has 28 heavy (non-hydrogen) atoms. The van der Waals surface area contributed by atoms with Crippen LogP contribution in [0.3, 0.4) is 0 Å². The molecule has 0 saturated heterocycles. The number of hydrogen-bond acceptors (Lipinski definition) is 3. The number of anilines is 1. The van der Waals surface area contributed by atoms with E-state index in [1.165, 1.54) is 0 Å². The molecule has 3 aromatic rings. The Morgan fingerprint density at radius 3 is 2.61 bits per heavy atom. The molecule has 0 aliphatic carbocycles. The van der Waals surface area contributed by atoms with Crippen molar-refractivity contribution in [2.24, 2.45) is 0 Å². The van der Waals surface area contributed by atoms with Crippen LogP contribution < -0.4 is 10.1 Å². The van der Waals surface area contributed by atoms with E-state index in [1.54, 1.807) is 13.3 Å². The number of nitrogens with zero attached hydrogens (tertiary/aromatic N) is 2. The van der Waals surface area contributed by atoms with E-state index in [0.717, 1.165) is 28.1 Å². The highest BCUT2D eigenvalue weighted by Crippen LogP contribution is 2.26. The van der Waals surface area contributed by atoms with Gasteiger partial charge in [0.05, 0.1) is 12.8 Å². The summed E-state index contributed by atoms with van der Waals surface area (Å²) in [5.74, 6) is 0.747. The molecule has 0 fully saturated rings. The van der Waals surface area contributed by atoms with Gasteiger partial charge in [-0.15, -0.1) is 0 Å². The summed E-state index contributed by atoms with van der Waals surface area (Å²) in [5, 5.41) is 4.65. The molecule has 4 nitrogen and oxygen atoms in total. The smallest absolute Gasteiger partial charge is 0.174 e. The van der Waals surface area contributed by atoms with Crippen LogP contribution in [0.5, 0.6) is 5.75 Å². The molecule has 0 saturated carbocycles. The number of rotatable bonds is 6. The lowest BCUT2D eigenvalue weighted by Crippen LogP contribution is -2.34. The lowest BCUT2D eigenvalue weighted by molar-refractivity contribution is 0.408. The van der Waals surface area contributed by atoms with Gasteiger partial charge in [-0.2, -0.15) is 0 Å². The summed E-state index contributed by atoms with van der Waals surface area (Å²) in [4.78, 5) is 6.29. The molecule has 0 radical (unpaired) electrons. The maximum atomic E-state index is 6.16. The average Bonchev–Trinajstić information content (AvgIpc) is 2.68. The number of methoxy groups -OCH3 is 1. The maximum absolute atomic E-state index is 6.16. The normalized spacial score (nSPS) is 10.4. The van der Waals surface area contributed by atoms with Crippen molar-refractivity contribution in [3.8, 4) is 5.75 Å². The van der Waals surface area contributed by atoms with Gasteiger partial charge >= 0.3 is 0 Å². The molecule has 3 rings (SSSR count). The van der Waals surface area contributed by atoms with E-state index in [1.807, 2.05) is 67.7 Å². The van der Waals surface area contributed by atoms with E-state index in [4.69, 9.17) is 28.6 Å². The van der Waals surface area contributed by atoms with E-state index >= 15 is 0 Å². The summed E-state index contributed by atoms with van der Waals surface area (Å²) >= 11 is 11.9. The van der Waals surface area contributed by atoms with Gasteiger partial charge in [0.15, 0.2) is 5.11 Å². The zero-order chi connectivity index (χ0) is 19.9. The van der Waals surface area contributed by atoms with Crippen LogP contribution in [0.15, 0.2) is 67.0 Å². The first-order valence-electron chi connectivity index (χ1n) is 8.89. The number of ether oxygens (including phenoxy) is 1. The summed E-state index contributed by atoms with van der Waals surface area (Å²) < 4.78 is 5.47. The lowest BCUT2D eigenvalue weighted by atomic mass is 10.2. The summed E-state index contributed by atoms with van der Waals surface area (Å²) in [6, 6.07) is 17.7. The molecule has 144 valence electrons. The third-order valence-corrected chi connectivity index (χ3v) is 4.84. The molecule has 1 aromatic heterocycles. The molecule has 6 heteroatoms. The van der Waals surface area contributed by atoms with Crippen molar-refractivity contribution >= 4 is 34.6 Å². The van der Waals surface area contributed by atoms with Crippen LogP contribution in [0.1, 0.15) is 16.7 Å². The number of aromatic nitrogens is 1. The quantitative estimate of drug-likeness (QED) is 0.546. The summed E-state index contributed by atoms with van der Waals surface area (Å²) in [5.41, 5.74) is 4.12. The number of pyridine rings is 1. The van der Waals surface area contributed by atoms with Gasteiger partial charge in [0.2, 0.25) is 0 Å². The first kappa shape index (κ1) is 20.1. The molecule has 0 aliphatic rings. The third kappa shape index (κ3) is 5.44. The summed E-state index contributed by atoms with van der Waals surface area (Å²) in [6.07, 6.45) is 3.61. The first-order chi connectivity index (χ1) is 13.5. The Balaban J connectivity index is 1.84. The minimum Gasteiger partial charge on any atom is -0.495 e. The van der Waals surface area contributed by atoms with Crippen molar-refractivity contribution in [3.63, 3.8) is 0 Å². The highest BCUT2D eigenvalue weighted by Gasteiger charge is 2.14. The van der Waals surface area contributed by atoms with Crippen LogP contribution in [-0.2, 0) is 13.1 Å². The van der Waals surface area contributed by atoms with E-state index < -0.39 is 0 Å². The van der Waals surface area contributed by atoms with Crippen molar-refractivity contribution < 1.29 is 4.74 Å². The zero-order valence-corrected chi connectivity index (χ0v) is 17.4. The third-order valence-electron chi connectivity index (χ3n) is 4.24. The van der Waals surface area contributed by atoms with E-state index in [9.17, 15) is 0 Å². The molecule has 0 atom stereocenters. The topological polar surface area (TPSA) is 37.4 Å². The Morgan fingerprint density at radius 1 is 1.11 bits per heavy atom.